The van der Waals surface area contributed by atoms with Crippen LogP contribution in [0.15, 0.2) is 12.5 Å². The number of aromatic nitrogens is 2. The highest BCUT2D eigenvalue weighted by Gasteiger charge is 2.03. The molecule has 0 aliphatic heterocycles. The first kappa shape index (κ1) is 12.7. The van der Waals surface area contributed by atoms with E-state index in [2.05, 4.69) is 21.8 Å². The lowest BCUT2D eigenvalue weighted by Gasteiger charge is -2.10. The molecule has 0 spiro atoms. The Morgan fingerprint density at radius 2 is 2.31 bits per heavy atom. The molecule has 1 N–H and O–H groups in total. The van der Waals surface area contributed by atoms with Gasteiger partial charge in [-0.15, -0.1) is 0 Å². The number of carbonyl (C=O) groups is 1. The van der Waals surface area contributed by atoms with Gasteiger partial charge in [-0.1, -0.05) is 0 Å². The van der Waals surface area contributed by atoms with Gasteiger partial charge in [0.2, 0.25) is 5.91 Å². The summed E-state index contributed by atoms with van der Waals surface area (Å²) >= 11 is 0. The predicted molar refractivity (Wildman–Crippen MR) is 62.9 cm³/mol. The minimum Gasteiger partial charge on any atom is -0.349 e. The number of hydrogen-bond donors (Lipinski definition) is 1. The molecule has 0 unspecified atom stereocenters. The molecule has 0 aromatic carbocycles. The zero-order valence-corrected chi connectivity index (χ0v) is 10.2. The van der Waals surface area contributed by atoms with E-state index in [0.717, 1.165) is 18.8 Å². The molecule has 16 heavy (non-hydrogen) atoms. The Kier molecular flexibility index (Phi) is 4.98. The number of rotatable bonds is 6. The highest BCUT2D eigenvalue weighted by Crippen LogP contribution is 1.98. The highest BCUT2D eigenvalue weighted by molar-refractivity contribution is 5.75. The zero-order valence-electron chi connectivity index (χ0n) is 10.2. The molecule has 0 atom stereocenters. The number of aryl methyl sites for hydroxylation is 1. The third-order valence-corrected chi connectivity index (χ3v) is 2.46. The second kappa shape index (κ2) is 6.27. The van der Waals surface area contributed by atoms with E-state index in [1.165, 1.54) is 0 Å². The molecular weight excluding hydrogens is 204 g/mol. The normalized spacial score (nSPS) is 10.4. The molecule has 0 saturated carbocycles. The van der Waals surface area contributed by atoms with E-state index in [9.17, 15) is 4.79 Å². The highest BCUT2D eigenvalue weighted by atomic mass is 16.2. The summed E-state index contributed by atoms with van der Waals surface area (Å²) in [7, 11) is 3.54. The molecule has 0 bridgehead atoms. The summed E-state index contributed by atoms with van der Waals surface area (Å²) < 4.78 is 2.08. The van der Waals surface area contributed by atoms with E-state index >= 15 is 0 Å². The monoisotopic (exact) mass is 224 g/mol. The van der Waals surface area contributed by atoms with E-state index in [1.807, 2.05) is 12.5 Å². The van der Waals surface area contributed by atoms with E-state index < -0.39 is 0 Å². The van der Waals surface area contributed by atoms with E-state index in [4.69, 9.17) is 0 Å². The van der Waals surface area contributed by atoms with Gasteiger partial charge in [-0.25, -0.2) is 4.98 Å². The molecule has 0 radical (unpaired) electrons. The lowest BCUT2D eigenvalue weighted by Crippen LogP contribution is -2.26. The van der Waals surface area contributed by atoms with Gasteiger partial charge in [-0.05, 0) is 6.92 Å². The van der Waals surface area contributed by atoms with Crippen molar-refractivity contribution >= 4 is 5.91 Å². The molecule has 1 amide bonds. The topological polar surface area (TPSA) is 50.2 Å². The number of nitrogens with zero attached hydrogens (tertiary/aromatic N) is 3. The number of imidazole rings is 1. The van der Waals surface area contributed by atoms with Crippen molar-refractivity contribution in [3.05, 3.63) is 18.2 Å². The molecule has 1 aromatic rings. The predicted octanol–water partition coefficient (Wildman–Crippen LogP) is 0.471. The minimum absolute atomic E-state index is 0.150. The molecule has 0 aliphatic carbocycles. The standard InChI is InChI=1S/C11H20N4O/c1-4-15-9-13-8-10(15)7-12-6-5-11(16)14(2)3/h8-9,12H,4-7H2,1-3H3. The molecular formula is C11H20N4O. The quantitative estimate of drug-likeness (QED) is 0.715. The average Bonchev–Trinajstić information content (AvgIpc) is 2.71. The van der Waals surface area contributed by atoms with Gasteiger partial charge in [0.1, 0.15) is 0 Å². The Hall–Kier alpha value is -1.36. The van der Waals surface area contributed by atoms with E-state index in [0.29, 0.717) is 13.0 Å². The Morgan fingerprint density at radius 3 is 2.94 bits per heavy atom. The zero-order chi connectivity index (χ0) is 12.0. The van der Waals surface area contributed by atoms with Crippen molar-refractivity contribution in [2.24, 2.45) is 0 Å². The van der Waals surface area contributed by atoms with Gasteiger partial charge >= 0.3 is 0 Å². The van der Waals surface area contributed by atoms with Gasteiger partial charge in [0.15, 0.2) is 0 Å². The van der Waals surface area contributed by atoms with Crippen LogP contribution in [-0.4, -0.2) is 41.0 Å². The average molecular weight is 224 g/mol. The van der Waals surface area contributed by atoms with Crippen LogP contribution in [0.3, 0.4) is 0 Å². The van der Waals surface area contributed by atoms with Gasteiger partial charge in [0, 0.05) is 46.3 Å². The fourth-order valence-corrected chi connectivity index (χ4v) is 1.42. The summed E-state index contributed by atoms with van der Waals surface area (Å²) in [6, 6.07) is 0. The van der Waals surface area contributed by atoms with Crippen molar-refractivity contribution in [3.63, 3.8) is 0 Å². The summed E-state index contributed by atoms with van der Waals surface area (Å²) in [5.74, 6) is 0.150. The van der Waals surface area contributed by atoms with Crippen LogP contribution in [0.4, 0.5) is 0 Å². The van der Waals surface area contributed by atoms with Crippen LogP contribution >= 0.6 is 0 Å². The number of hydrogen-bond acceptors (Lipinski definition) is 3. The third-order valence-electron chi connectivity index (χ3n) is 2.46. The summed E-state index contributed by atoms with van der Waals surface area (Å²) in [6.07, 6.45) is 4.21. The Balaban J connectivity index is 2.23. The minimum atomic E-state index is 0.150. The number of nitrogens with one attached hydrogen (secondary N) is 1. The lowest BCUT2D eigenvalue weighted by atomic mass is 10.3. The molecule has 5 heteroatoms. The Morgan fingerprint density at radius 1 is 1.56 bits per heavy atom. The molecule has 90 valence electrons. The molecule has 0 saturated heterocycles. The molecule has 0 fully saturated rings. The molecule has 1 heterocycles. The number of amides is 1. The molecule has 1 aromatic heterocycles. The van der Waals surface area contributed by atoms with Crippen LogP contribution in [0.2, 0.25) is 0 Å². The van der Waals surface area contributed by atoms with Crippen LogP contribution in [-0.2, 0) is 17.9 Å². The smallest absolute Gasteiger partial charge is 0.223 e. The fourth-order valence-electron chi connectivity index (χ4n) is 1.42. The van der Waals surface area contributed by atoms with E-state index in [-0.39, 0.29) is 5.91 Å². The fraction of sp³-hybridized carbons (Fsp3) is 0.636. The first-order valence-corrected chi connectivity index (χ1v) is 5.55. The van der Waals surface area contributed by atoms with Crippen molar-refractivity contribution in [3.8, 4) is 0 Å². The maximum absolute atomic E-state index is 11.3. The second-order valence-corrected chi connectivity index (χ2v) is 3.89. The summed E-state index contributed by atoms with van der Waals surface area (Å²) in [5.41, 5.74) is 1.15. The van der Waals surface area contributed by atoms with Gasteiger partial charge in [0.25, 0.3) is 0 Å². The largest absolute Gasteiger partial charge is 0.349 e. The van der Waals surface area contributed by atoms with Crippen molar-refractivity contribution in [2.75, 3.05) is 20.6 Å². The van der Waals surface area contributed by atoms with Crippen LogP contribution in [0, 0.1) is 0 Å². The van der Waals surface area contributed by atoms with Gasteiger partial charge in [0.05, 0.1) is 12.0 Å². The van der Waals surface area contributed by atoms with Gasteiger partial charge < -0.3 is 14.8 Å². The molecule has 0 aliphatic rings. The van der Waals surface area contributed by atoms with E-state index in [1.54, 1.807) is 19.0 Å². The van der Waals surface area contributed by atoms with Crippen molar-refractivity contribution < 1.29 is 4.79 Å². The third kappa shape index (κ3) is 3.66. The maximum Gasteiger partial charge on any atom is 0.223 e. The first-order valence-electron chi connectivity index (χ1n) is 5.55. The summed E-state index contributed by atoms with van der Waals surface area (Å²) in [6.45, 7) is 4.47. The van der Waals surface area contributed by atoms with Crippen molar-refractivity contribution in [1.82, 2.24) is 19.8 Å². The van der Waals surface area contributed by atoms with Crippen molar-refractivity contribution in [2.45, 2.75) is 26.4 Å². The maximum atomic E-state index is 11.3. The SMILES string of the molecule is CCn1cncc1CNCCC(=O)N(C)C. The summed E-state index contributed by atoms with van der Waals surface area (Å²) in [4.78, 5) is 17.0. The molecule has 1 rings (SSSR count). The lowest BCUT2D eigenvalue weighted by molar-refractivity contribution is -0.128. The van der Waals surface area contributed by atoms with Crippen LogP contribution < -0.4 is 5.32 Å². The second-order valence-electron chi connectivity index (χ2n) is 3.89. The summed E-state index contributed by atoms with van der Waals surface area (Å²) in [5, 5.41) is 3.24. The van der Waals surface area contributed by atoms with Crippen molar-refractivity contribution in [1.29, 1.82) is 0 Å². The van der Waals surface area contributed by atoms with Crippen LogP contribution in [0.5, 0.6) is 0 Å². The van der Waals surface area contributed by atoms with Crippen LogP contribution in [0.25, 0.3) is 0 Å². The molecule has 5 nitrogen and oxygen atoms in total. The van der Waals surface area contributed by atoms with Gasteiger partial charge in [-0.2, -0.15) is 0 Å². The first-order chi connectivity index (χ1) is 7.65. The number of carbonyl (C=O) groups excluding carboxylic acids is 1. The Labute approximate surface area is 96.5 Å². The van der Waals surface area contributed by atoms with Crippen LogP contribution in [0.1, 0.15) is 19.0 Å². The Bertz CT molecular complexity index is 332. The van der Waals surface area contributed by atoms with Gasteiger partial charge in [-0.3, -0.25) is 4.79 Å².